The van der Waals surface area contributed by atoms with Crippen LogP contribution < -0.4 is 11.1 Å². The smallest absolute Gasteiger partial charge is 0.366 e. The number of carbonyl (C=O) groups excluding carboxylic acids is 2. The lowest BCUT2D eigenvalue weighted by atomic mass is 9.94. The normalized spacial score (nSPS) is 13.8. The van der Waals surface area contributed by atoms with Crippen LogP contribution >= 0.6 is 0 Å². The Bertz CT molecular complexity index is 1680. The monoisotopic (exact) mass is 601 g/mol. The standard InChI is InChI=1S/C30H25F6N5O2/c31-18-10-16(11-19(32)14-18)12-24(27-20(5-3-9-38-27)17-7-8-23(33)22(13-17)29(37)43)39-26(42)15-41-25-6-2-1-4-21(25)28(40-41)30(34,35)36/h3,5,7-11,13-14,24H,1-2,4,6,12,15H2,(H2,37,43)(H,39,42). The number of primary amides is 1. The molecule has 2 aromatic carbocycles. The molecule has 3 N–H and O–H groups in total. The molecule has 0 bridgehead atoms. The van der Waals surface area contributed by atoms with Gasteiger partial charge in [-0.05, 0) is 73.6 Å². The maximum absolute atomic E-state index is 14.2. The third-order valence-electron chi connectivity index (χ3n) is 7.23. The lowest BCUT2D eigenvalue weighted by Gasteiger charge is -2.22. The number of amides is 2. The number of nitrogens with one attached hydrogen (secondary N) is 1. The second-order valence-corrected chi connectivity index (χ2v) is 10.2. The SMILES string of the molecule is NC(=O)c1cc(-c2cccnc2C(Cc2cc(F)cc(F)c2)NC(=O)Cn2nc(C(F)(F)F)c3c2CCCC3)ccc1F. The first-order valence-corrected chi connectivity index (χ1v) is 13.4. The summed E-state index contributed by atoms with van der Waals surface area (Å²) in [4.78, 5) is 29.5. The Morgan fingerprint density at radius 2 is 1.72 bits per heavy atom. The molecule has 2 heterocycles. The Morgan fingerprint density at radius 3 is 2.42 bits per heavy atom. The number of nitrogens with zero attached hydrogens (tertiary/aromatic N) is 3. The summed E-state index contributed by atoms with van der Waals surface area (Å²) in [5, 5.41) is 6.46. The zero-order chi connectivity index (χ0) is 30.9. The minimum absolute atomic E-state index is 0.0758. The van der Waals surface area contributed by atoms with Gasteiger partial charge in [-0.15, -0.1) is 0 Å². The van der Waals surface area contributed by atoms with Gasteiger partial charge in [-0.1, -0.05) is 12.1 Å². The lowest BCUT2D eigenvalue weighted by molar-refractivity contribution is -0.142. The number of halogens is 6. The van der Waals surface area contributed by atoms with Crippen LogP contribution in [0.4, 0.5) is 26.3 Å². The maximum Gasteiger partial charge on any atom is 0.435 e. The van der Waals surface area contributed by atoms with Gasteiger partial charge in [0.2, 0.25) is 5.91 Å². The number of benzene rings is 2. The van der Waals surface area contributed by atoms with E-state index in [9.17, 15) is 35.9 Å². The molecular weight excluding hydrogens is 576 g/mol. The quantitative estimate of drug-likeness (QED) is 0.262. The second-order valence-electron chi connectivity index (χ2n) is 10.2. The van der Waals surface area contributed by atoms with E-state index in [4.69, 9.17) is 5.73 Å². The van der Waals surface area contributed by atoms with Gasteiger partial charge in [-0.3, -0.25) is 19.3 Å². The highest BCUT2D eigenvalue weighted by molar-refractivity contribution is 5.94. The first kappa shape index (κ1) is 29.8. The Balaban J connectivity index is 1.52. The van der Waals surface area contributed by atoms with E-state index in [2.05, 4.69) is 15.4 Å². The lowest BCUT2D eigenvalue weighted by Crippen LogP contribution is -2.34. The number of alkyl halides is 3. The molecular formula is C30H25F6N5O2. The highest BCUT2D eigenvalue weighted by Crippen LogP contribution is 2.36. The van der Waals surface area contributed by atoms with Gasteiger partial charge >= 0.3 is 6.18 Å². The van der Waals surface area contributed by atoms with Gasteiger partial charge in [0.25, 0.3) is 5.91 Å². The number of hydrogen-bond donors (Lipinski definition) is 2. The summed E-state index contributed by atoms with van der Waals surface area (Å²) in [6.45, 7) is -0.545. The van der Waals surface area contributed by atoms with Gasteiger partial charge in [0.05, 0.1) is 17.3 Å². The molecule has 0 radical (unpaired) electrons. The molecule has 0 saturated heterocycles. The van der Waals surface area contributed by atoms with Crippen LogP contribution in [0.25, 0.3) is 11.1 Å². The van der Waals surface area contributed by atoms with Gasteiger partial charge in [0.15, 0.2) is 5.69 Å². The van der Waals surface area contributed by atoms with Gasteiger partial charge < -0.3 is 11.1 Å². The summed E-state index contributed by atoms with van der Waals surface area (Å²) in [6.07, 6.45) is -1.70. The van der Waals surface area contributed by atoms with Crippen LogP contribution in [0.15, 0.2) is 54.7 Å². The van der Waals surface area contributed by atoms with Gasteiger partial charge in [-0.2, -0.15) is 18.3 Å². The third-order valence-corrected chi connectivity index (χ3v) is 7.23. The Morgan fingerprint density at radius 1 is 1.00 bits per heavy atom. The van der Waals surface area contributed by atoms with E-state index in [1.165, 1.54) is 18.3 Å². The maximum atomic E-state index is 14.2. The van der Waals surface area contributed by atoms with Crippen molar-refractivity contribution in [3.63, 3.8) is 0 Å². The molecule has 4 aromatic rings. The molecule has 1 aliphatic carbocycles. The van der Waals surface area contributed by atoms with Gasteiger partial charge in [0.1, 0.15) is 24.0 Å². The minimum atomic E-state index is -4.69. The molecule has 2 aromatic heterocycles. The summed E-state index contributed by atoms with van der Waals surface area (Å²) >= 11 is 0. The van der Waals surface area contributed by atoms with Crippen molar-refractivity contribution in [1.82, 2.24) is 20.1 Å². The summed E-state index contributed by atoms with van der Waals surface area (Å²) < 4.78 is 84.4. The molecule has 7 nitrogen and oxygen atoms in total. The molecule has 1 unspecified atom stereocenters. The number of nitrogens with two attached hydrogens (primary N) is 1. The number of carbonyl (C=O) groups is 2. The van der Waals surface area contributed by atoms with Crippen LogP contribution in [-0.4, -0.2) is 26.6 Å². The molecule has 43 heavy (non-hydrogen) atoms. The predicted molar refractivity (Wildman–Crippen MR) is 143 cm³/mol. The molecule has 5 rings (SSSR count). The fourth-order valence-electron chi connectivity index (χ4n) is 5.41. The largest absolute Gasteiger partial charge is 0.435 e. The fraction of sp³-hybridized carbons (Fsp3) is 0.267. The van der Waals surface area contributed by atoms with Crippen molar-refractivity contribution in [2.45, 2.75) is 50.9 Å². The number of pyridine rings is 1. The third kappa shape index (κ3) is 6.55. The molecule has 1 atom stereocenters. The predicted octanol–water partition coefficient (Wildman–Crippen LogP) is 5.46. The van der Waals surface area contributed by atoms with E-state index < -0.39 is 53.7 Å². The summed E-state index contributed by atoms with van der Waals surface area (Å²) in [6, 6.07) is 8.56. The van der Waals surface area contributed by atoms with Crippen molar-refractivity contribution in [3.8, 4) is 11.1 Å². The Hall–Kier alpha value is -4.68. The average Bonchev–Trinajstić information content (AvgIpc) is 3.31. The molecule has 2 amide bonds. The van der Waals surface area contributed by atoms with Gasteiger partial charge in [-0.25, -0.2) is 13.2 Å². The zero-order valence-electron chi connectivity index (χ0n) is 22.5. The highest BCUT2D eigenvalue weighted by Gasteiger charge is 2.39. The van der Waals surface area contributed by atoms with Crippen molar-refractivity contribution in [2.75, 3.05) is 0 Å². The van der Waals surface area contributed by atoms with Crippen molar-refractivity contribution in [2.24, 2.45) is 5.73 Å². The number of hydrogen-bond acceptors (Lipinski definition) is 4. The number of rotatable bonds is 8. The van der Waals surface area contributed by atoms with Crippen LogP contribution in [0, 0.1) is 17.5 Å². The molecule has 0 fully saturated rings. The molecule has 0 spiro atoms. The van der Waals surface area contributed by atoms with E-state index in [0.29, 0.717) is 42.1 Å². The van der Waals surface area contributed by atoms with Crippen molar-refractivity contribution in [1.29, 1.82) is 0 Å². The zero-order valence-corrected chi connectivity index (χ0v) is 22.5. The average molecular weight is 602 g/mol. The van der Waals surface area contributed by atoms with E-state index >= 15 is 0 Å². The molecule has 13 heteroatoms. The Labute approximate surface area is 241 Å². The summed E-state index contributed by atoms with van der Waals surface area (Å²) in [5.41, 5.74) is 5.34. The number of aromatic nitrogens is 3. The first-order chi connectivity index (χ1) is 20.4. The van der Waals surface area contributed by atoms with Crippen LogP contribution in [0.5, 0.6) is 0 Å². The van der Waals surface area contributed by atoms with E-state index in [0.717, 1.165) is 22.9 Å². The van der Waals surface area contributed by atoms with Gasteiger partial charge in [0, 0.05) is 29.1 Å². The van der Waals surface area contributed by atoms with Crippen LogP contribution in [-0.2, 0) is 36.8 Å². The number of fused-ring (bicyclic) bond motifs is 1. The minimum Gasteiger partial charge on any atom is -0.366 e. The molecule has 0 saturated carbocycles. The van der Waals surface area contributed by atoms with E-state index in [1.54, 1.807) is 12.1 Å². The highest BCUT2D eigenvalue weighted by atomic mass is 19.4. The van der Waals surface area contributed by atoms with Crippen molar-refractivity contribution < 1.29 is 35.9 Å². The Kier molecular flexibility index (Phi) is 8.25. The molecule has 224 valence electrons. The molecule has 0 aliphatic heterocycles. The van der Waals surface area contributed by atoms with E-state index in [-0.39, 0.29) is 35.2 Å². The first-order valence-electron chi connectivity index (χ1n) is 13.4. The van der Waals surface area contributed by atoms with Crippen molar-refractivity contribution in [3.05, 3.63) is 106 Å². The fourth-order valence-corrected chi connectivity index (χ4v) is 5.41. The van der Waals surface area contributed by atoms with Crippen LogP contribution in [0.2, 0.25) is 0 Å². The van der Waals surface area contributed by atoms with Crippen LogP contribution in [0.3, 0.4) is 0 Å². The topological polar surface area (TPSA) is 103 Å². The summed E-state index contributed by atoms with van der Waals surface area (Å²) in [7, 11) is 0. The summed E-state index contributed by atoms with van der Waals surface area (Å²) in [5.74, 6) is -4.28. The van der Waals surface area contributed by atoms with Crippen molar-refractivity contribution >= 4 is 11.8 Å². The van der Waals surface area contributed by atoms with E-state index in [1.807, 2.05) is 0 Å². The second kappa shape index (κ2) is 11.9. The molecule has 1 aliphatic rings. The van der Waals surface area contributed by atoms with Crippen LogP contribution in [0.1, 0.15) is 57.5 Å².